The molecule has 0 spiro atoms. The van der Waals surface area contributed by atoms with Crippen molar-refractivity contribution < 1.29 is 9.84 Å². The molecule has 0 aromatic heterocycles. The van der Waals surface area contributed by atoms with Gasteiger partial charge in [0.05, 0.1) is 12.4 Å². The van der Waals surface area contributed by atoms with E-state index in [2.05, 4.69) is 6.92 Å². The van der Waals surface area contributed by atoms with Gasteiger partial charge in [0.15, 0.2) is 0 Å². The van der Waals surface area contributed by atoms with Gasteiger partial charge in [0, 0.05) is 7.11 Å². The Labute approximate surface area is 68.9 Å². The van der Waals surface area contributed by atoms with E-state index in [4.69, 9.17) is 9.84 Å². The van der Waals surface area contributed by atoms with E-state index in [9.17, 15) is 0 Å². The van der Waals surface area contributed by atoms with E-state index in [1.807, 2.05) is 0 Å². The fourth-order valence-corrected chi connectivity index (χ4v) is 0.886. The first-order chi connectivity index (χ1) is 5.31. The SMILES string of the molecule is COC(C)CCCC/C=C/O. The third kappa shape index (κ3) is 7.40. The molecule has 0 aromatic rings. The van der Waals surface area contributed by atoms with Gasteiger partial charge in [0.1, 0.15) is 0 Å². The molecule has 1 N–H and O–H groups in total. The van der Waals surface area contributed by atoms with Crippen LogP contribution in [0.5, 0.6) is 0 Å². The Morgan fingerprint density at radius 2 is 2.18 bits per heavy atom. The second-order valence-electron chi connectivity index (χ2n) is 2.72. The molecule has 0 bridgehead atoms. The molecule has 0 aliphatic heterocycles. The van der Waals surface area contributed by atoms with Crippen LogP contribution < -0.4 is 0 Å². The first-order valence-corrected chi connectivity index (χ1v) is 4.13. The highest BCUT2D eigenvalue weighted by molar-refractivity contribution is 4.70. The lowest BCUT2D eigenvalue weighted by molar-refractivity contribution is 0.108. The molecule has 0 radical (unpaired) electrons. The van der Waals surface area contributed by atoms with Gasteiger partial charge in [0.2, 0.25) is 0 Å². The molecule has 2 nitrogen and oxygen atoms in total. The second kappa shape index (κ2) is 7.61. The molecule has 0 rings (SSSR count). The predicted molar refractivity (Wildman–Crippen MR) is 46.7 cm³/mol. The molecule has 0 saturated carbocycles. The van der Waals surface area contributed by atoms with Crippen molar-refractivity contribution in [2.45, 2.75) is 38.7 Å². The van der Waals surface area contributed by atoms with Gasteiger partial charge in [-0.05, 0) is 26.2 Å². The largest absolute Gasteiger partial charge is 0.516 e. The second-order valence-corrected chi connectivity index (χ2v) is 2.72. The summed E-state index contributed by atoms with van der Waals surface area (Å²) in [6.45, 7) is 2.07. The highest BCUT2D eigenvalue weighted by Gasteiger charge is 1.96. The van der Waals surface area contributed by atoms with E-state index >= 15 is 0 Å². The minimum Gasteiger partial charge on any atom is -0.516 e. The summed E-state index contributed by atoms with van der Waals surface area (Å²) >= 11 is 0. The molecule has 0 aliphatic rings. The van der Waals surface area contributed by atoms with Crippen molar-refractivity contribution in [1.29, 1.82) is 0 Å². The van der Waals surface area contributed by atoms with Gasteiger partial charge in [-0.3, -0.25) is 0 Å². The van der Waals surface area contributed by atoms with Crippen LogP contribution in [-0.2, 0) is 4.74 Å². The zero-order chi connectivity index (χ0) is 8.53. The third-order valence-electron chi connectivity index (χ3n) is 1.74. The first kappa shape index (κ1) is 10.5. The summed E-state index contributed by atoms with van der Waals surface area (Å²) in [6.07, 6.45) is 7.62. The fraction of sp³-hybridized carbons (Fsp3) is 0.778. The van der Waals surface area contributed by atoms with Crippen LogP contribution >= 0.6 is 0 Å². The number of hydrogen-bond acceptors (Lipinski definition) is 2. The van der Waals surface area contributed by atoms with Crippen molar-refractivity contribution in [2.24, 2.45) is 0 Å². The highest BCUT2D eigenvalue weighted by atomic mass is 16.5. The molecule has 1 unspecified atom stereocenters. The number of rotatable bonds is 6. The van der Waals surface area contributed by atoms with Crippen molar-refractivity contribution in [3.63, 3.8) is 0 Å². The molecule has 1 atom stereocenters. The van der Waals surface area contributed by atoms with Gasteiger partial charge >= 0.3 is 0 Å². The topological polar surface area (TPSA) is 29.5 Å². The minimum absolute atomic E-state index is 0.369. The first-order valence-electron chi connectivity index (χ1n) is 4.13. The average molecular weight is 158 g/mol. The minimum atomic E-state index is 0.369. The quantitative estimate of drug-likeness (QED) is 0.475. The van der Waals surface area contributed by atoms with Crippen LogP contribution in [-0.4, -0.2) is 18.3 Å². The van der Waals surface area contributed by atoms with Crippen LogP contribution in [0.1, 0.15) is 32.6 Å². The monoisotopic (exact) mass is 158 g/mol. The molecule has 0 saturated heterocycles. The Bertz CT molecular complexity index is 99.7. The van der Waals surface area contributed by atoms with Gasteiger partial charge in [-0.25, -0.2) is 0 Å². The molecular weight excluding hydrogens is 140 g/mol. The maximum Gasteiger partial charge on any atom is 0.0751 e. The summed E-state index contributed by atoms with van der Waals surface area (Å²) < 4.78 is 5.09. The van der Waals surface area contributed by atoms with Gasteiger partial charge in [-0.1, -0.05) is 12.5 Å². The molecule has 0 aliphatic carbocycles. The van der Waals surface area contributed by atoms with E-state index in [1.54, 1.807) is 13.2 Å². The molecule has 0 fully saturated rings. The van der Waals surface area contributed by atoms with E-state index in [0.717, 1.165) is 25.5 Å². The van der Waals surface area contributed by atoms with Crippen LogP contribution in [0.4, 0.5) is 0 Å². The Hall–Kier alpha value is -0.500. The van der Waals surface area contributed by atoms with E-state index < -0.39 is 0 Å². The zero-order valence-electron chi connectivity index (χ0n) is 7.42. The Morgan fingerprint density at radius 3 is 2.73 bits per heavy atom. The number of methoxy groups -OCH3 is 1. The van der Waals surface area contributed by atoms with Crippen LogP contribution in [0, 0.1) is 0 Å². The molecule has 2 heteroatoms. The van der Waals surface area contributed by atoms with Crippen LogP contribution in [0.2, 0.25) is 0 Å². The molecule has 0 aromatic carbocycles. The van der Waals surface area contributed by atoms with Crippen molar-refractivity contribution in [3.05, 3.63) is 12.3 Å². The lowest BCUT2D eigenvalue weighted by Gasteiger charge is -2.07. The smallest absolute Gasteiger partial charge is 0.0751 e. The molecule has 66 valence electrons. The standard InChI is InChI=1S/C9H18O2/c1-9(11-2)7-5-3-4-6-8-10/h6,8-10H,3-5,7H2,1-2H3/b8-6+. The maximum atomic E-state index is 8.32. The molecule has 0 heterocycles. The van der Waals surface area contributed by atoms with Gasteiger partial charge in [-0.15, -0.1) is 0 Å². The summed E-state index contributed by atoms with van der Waals surface area (Å²) in [5.74, 6) is 0. The van der Waals surface area contributed by atoms with Crippen LogP contribution in [0.15, 0.2) is 12.3 Å². The Morgan fingerprint density at radius 1 is 1.45 bits per heavy atom. The fourth-order valence-electron chi connectivity index (χ4n) is 0.886. The summed E-state index contributed by atoms with van der Waals surface area (Å²) in [7, 11) is 1.73. The lowest BCUT2D eigenvalue weighted by atomic mass is 10.1. The van der Waals surface area contributed by atoms with Crippen LogP contribution in [0.3, 0.4) is 0 Å². The van der Waals surface area contributed by atoms with Crippen molar-refractivity contribution in [2.75, 3.05) is 7.11 Å². The highest BCUT2D eigenvalue weighted by Crippen LogP contribution is 2.05. The lowest BCUT2D eigenvalue weighted by Crippen LogP contribution is -2.03. The predicted octanol–water partition coefficient (Wildman–Crippen LogP) is 2.65. The average Bonchev–Trinajstić information content (AvgIpc) is 2.04. The Kier molecular flexibility index (Phi) is 7.26. The third-order valence-corrected chi connectivity index (χ3v) is 1.74. The van der Waals surface area contributed by atoms with Crippen molar-refractivity contribution in [1.82, 2.24) is 0 Å². The van der Waals surface area contributed by atoms with E-state index in [0.29, 0.717) is 6.10 Å². The van der Waals surface area contributed by atoms with Gasteiger partial charge in [0.25, 0.3) is 0 Å². The number of aliphatic hydroxyl groups is 1. The van der Waals surface area contributed by atoms with E-state index in [1.165, 1.54) is 6.42 Å². The zero-order valence-corrected chi connectivity index (χ0v) is 7.42. The number of ether oxygens (including phenoxy) is 1. The van der Waals surface area contributed by atoms with Crippen LogP contribution in [0.25, 0.3) is 0 Å². The number of unbranched alkanes of at least 4 members (excludes halogenated alkanes) is 2. The summed E-state index contributed by atoms with van der Waals surface area (Å²) in [5, 5.41) is 8.32. The Balaban J connectivity index is 3.01. The summed E-state index contributed by atoms with van der Waals surface area (Å²) in [6, 6.07) is 0. The number of allylic oxidation sites excluding steroid dienone is 1. The van der Waals surface area contributed by atoms with E-state index in [-0.39, 0.29) is 0 Å². The van der Waals surface area contributed by atoms with Crippen molar-refractivity contribution in [3.8, 4) is 0 Å². The molecule has 0 amide bonds. The summed E-state index contributed by atoms with van der Waals surface area (Å²) in [5.41, 5.74) is 0. The van der Waals surface area contributed by atoms with Gasteiger partial charge < -0.3 is 9.84 Å². The van der Waals surface area contributed by atoms with Gasteiger partial charge in [-0.2, -0.15) is 0 Å². The molecular formula is C9H18O2. The maximum absolute atomic E-state index is 8.32. The van der Waals surface area contributed by atoms with Crippen molar-refractivity contribution >= 4 is 0 Å². The number of aliphatic hydroxyl groups excluding tert-OH is 1. The number of hydrogen-bond donors (Lipinski definition) is 1. The molecule has 11 heavy (non-hydrogen) atoms. The normalized spacial score (nSPS) is 14.0. The summed E-state index contributed by atoms with van der Waals surface area (Å²) in [4.78, 5) is 0.